The van der Waals surface area contributed by atoms with Crippen molar-refractivity contribution >= 4 is 23.7 Å². The number of hydrogen-bond acceptors (Lipinski definition) is 4. The van der Waals surface area contributed by atoms with E-state index in [9.17, 15) is 24.3 Å². The molecule has 0 heterocycles. The average Bonchev–Trinajstić information content (AvgIpc) is 2.97. The summed E-state index contributed by atoms with van der Waals surface area (Å²) in [5.41, 5.74) is -0.495. The van der Waals surface area contributed by atoms with Crippen molar-refractivity contribution in [2.75, 3.05) is 0 Å². The maximum absolute atomic E-state index is 14.6. The van der Waals surface area contributed by atoms with Crippen molar-refractivity contribution in [1.82, 2.24) is 16.0 Å². The molecule has 0 radical (unpaired) electrons. The summed E-state index contributed by atoms with van der Waals surface area (Å²) in [4.78, 5) is 56.1. The summed E-state index contributed by atoms with van der Waals surface area (Å²) < 4.78 is 0. The molecular weight excluding hydrogens is 530 g/mol. The molecule has 3 amide bonds. The molecule has 0 aliphatic carbocycles. The monoisotopic (exact) mass is 577 g/mol. The Morgan fingerprint density at radius 2 is 1.21 bits per heavy atom. The molecule has 0 saturated carbocycles. The SMILES string of the molecule is C=CC[C@H](C(=O)O)C(C(=O)NC(c1ccccc1)c1ccccc1)C(C(=O)NC(C)CC)(C(=O)NC(C)CC)C(C)C. The molecule has 42 heavy (non-hydrogen) atoms. The quantitative estimate of drug-likeness (QED) is 0.160. The third-order valence-electron chi connectivity index (χ3n) is 8.11. The molecule has 0 bridgehead atoms. The standard InChI is InChI=1S/C34H47N3O5/c1-8-17-27(31(39)40)28(30(38)37-29(25-18-13-11-14-19-25)26-20-15-12-16-21-26)34(22(4)5,32(41)35-23(6)9-2)33(42)36-24(7)10-3/h8,11-16,18-24,27-29H,1,9-10,17H2,2-7H3,(H,35,41)(H,36,42)(H,37,38)(H,39,40)/t23?,24?,27-,28?,34?/m0/s1. The van der Waals surface area contributed by atoms with Gasteiger partial charge in [-0.15, -0.1) is 6.58 Å². The van der Waals surface area contributed by atoms with E-state index in [0.29, 0.717) is 12.8 Å². The van der Waals surface area contributed by atoms with Gasteiger partial charge in [-0.05, 0) is 50.2 Å². The Bertz CT molecular complexity index is 1130. The Kier molecular flexibility index (Phi) is 13.0. The predicted molar refractivity (Wildman–Crippen MR) is 165 cm³/mol. The number of carbonyl (C=O) groups is 4. The van der Waals surface area contributed by atoms with Crippen LogP contribution in [0.25, 0.3) is 0 Å². The van der Waals surface area contributed by atoms with E-state index in [1.807, 2.05) is 88.4 Å². The van der Waals surface area contributed by atoms with Gasteiger partial charge in [-0.3, -0.25) is 19.2 Å². The second-order valence-corrected chi connectivity index (χ2v) is 11.3. The van der Waals surface area contributed by atoms with Crippen molar-refractivity contribution in [3.8, 4) is 0 Å². The Balaban J connectivity index is 2.86. The zero-order chi connectivity index (χ0) is 31.4. The third-order valence-corrected chi connectivity index (χ3v) is 8.11. The van der Waals surface area contributed by atoms with Gasteiger partial charge in [-0.1, -0.05) is 94.4 Å². The number of hydrogen-bond donors (Lipinski definition) is 4. The molecule has 0 fully saturated rings. The molecule has 0 aliphatic rings. The van der Waals surface area contributed by atoms with Gasteiger partial charge in [0.25, 0.3) is 0 Å². The number of amides is 3. The molecule has 2 aromatic rings. The number of allylic oxidation sites excluding steroid dienone is 1. The van der Waals surface area contributed by atoms with Crippen molar-refractivity contribution in [2.24, 2.45) is 23.2 Å². The van der Waals surface area contributed by atoms with Crippen LogP contribution >= 0.6 is 0 Å². The van der Waals surface area contributed by atoms with Crippen LogP contribution in [0.15, 0.2) is 73.3 Å². The molecule has 0 aliphatic heterocycles. The zero-order valence-corrected chi connectivity index (χ0v) is 25.7. The molecule has 0 aromatic heterocycles. The van der Waals surface area contributed by atoms with E-state index in [0.717, 1.165) is 11.1 Å². The minimum atomic E-state index is -2.04. The first kappa shape index (κ1) is 34.3. The zero-order valence-electron chi connectivity index (χ0n) is 25.7. The number of aliphatic carboxylic acids is 1. The fourth-order valence-corrected chi connectivity index (χ4v) is 5.31. The lowest BCUT2D eigenvalue weighted by Crippen LogP contribution is -2.65. The Labute approximate surface area is 250 Å². The molecule has 8 nitrogen and oxygen atoms in total. The summed E-state index contributed by atoms with van der Waals surface area (Å²) in [6.45, 7) is 14.5. The minimum absolute atomic E-state index is 0.115. The molecule has 4 N–H and O–H groups in total. The van der Waals surface area contributed by atoms with E-state index in [1.54, 1.807) is 13.8 Å². The first-order chi connectivity index (χ1) is 19.9. The Morgan fingerprint density at radius 1 is 0.786 bits per heavy atom. The number of carboxylic acid groups (broad SMARTS) is 1. The predicted octanol–water partition coefficient (Wildman–Crippen LogP) is 5.26. The number of carbonyl (C=O) groups excluding carboxylic acids is 3. The lowest BCUT2D eigenvalue weighted by Gasteiger charge is -2.44. The van der Waals surface area contributed by atoms with E-state index in [-0.39, 0.29) is 18.5 Å². The molecule has 8 heteroatoms. The van der Waals surface area contributed by atoms with Crippen molar-refractivity contribution in [3.63, 3.8) is 0 Å². The van der Waals surface area contributed by atoms with Crippen LogP contribution in [-0.2, 0) is 19.2 Å². The van der Waals surface area contributed by atoms with Crippen LogP contribution in [0, 0.1) is 23.2 Å². The van der Waals surface area contributed by atoms with E-state index in [4.69, 9.17) is 0 Å². The van der Waals surface area contributed by atoms with Gasteiger partial charge < -0.3 is 21.1 Å². The lowest BCUT2D eigenvalue weighted by atomic mass is 9.60. The van der Waals surface area contributed by atoms with Crippen LogP contribution in [0.2, 0.25) is 0 Å². The van der Waals surface area contributed by atoms with Crippen LogP contribution in [0.5, 0.6) is 0 Å². The van der Waals surface area contributed by atoms with Crippen molar-refractivity contribution in [2.45, 2.75) is 78.9 Å². The number of carboxylic acids is 1. The largest absolute Gasteiger partial charge is 0.481 e. The summed E-state index contributed by atoms with van der Waals surface area (Å²) in [6, 6.07) is 17.3. The molecule has 3 unspecified atom stereocenters. The normalized spacial score (nSPS) is 15.5. The number of rotatable bonds is 16. The highest BCUT2D eigenvalue weighted by atomic mass is 16.4. The Hall–Kier alpha value is -3.94. The van der Waals surface area contributed by atoms with Gasteiger partial charge in [0, 0.05) is 12.1 Å². The molecule has 2 aromatic carbocycles. The van der Waals surface area contributed by atoms with Crippen LogP contribution in [0.3, 0.4) is 0 Å². The third kappa shape index (κ3) is 7.87. The average molecular weight is 578 g/mol. The van der Waals surface area contributed by atoms with Crippen molar-refractivity contribution in [1.29, 1.82) is 0 Å². The smallest absolute Gasteiger partial charge is 0.307 e. The van der Waals surface area contributed by atoms with Gasteiger partial charge in [-0.25, -0.2) is 0 Å². The summed E-state index contributed by atoms with van der Waals surface area (Å²) in [5.74, 6) is -7.02. The highest BCUT2D eigenvalue weighted by Crippen LogP contribution is 2.44. The summed E-state index contributed by atoms with van der Waals surface area (Å²) in [5, 5.41) is 19.3. The highest BCUT2D eigenvalue weighted by Gasteiger charge is 2.61. The Morgan fingerprint density at radius 3 is 1.55 bits per heavy atom. The van der Waals surface area contributed by atoms with Crippen LogP contribution < -0.4 is 16.0 Å². The van der Waals surface area contributed by atoms with E-state index in [2.05, 4.69) is 22.5 Å². The topological polar surface area (TPSA) is 125 Å². The van der Waals surface area contributed by atoms with Gasteiger partial charge >= 0.3 is 5.97 Å². The van der Waals surface area contributed by atoms with Gasteiger partial charge in [0.1, 0.15) is 5.41 Å². The number of benzene rings is 2. The van der Waals surface area contributed by atoms with E-state index in [1.165, 1.54) is 6.08 Å². The fourth-order valence-electron chi connectivity index (χ4n) is 5.31. The van der Waals surface area contributed by atoms with Crippen molar-refractivity contribution in [3.05, 3.63) is 84.4 Å². The first-order valence-electron chi connectivity index (χ1n) is 14.8. The van der Waals surface area contributed by atoms with Gasteiger partial charge in [0.15, 0.2) is 0 Å². The van der Waals surface area contributed by atoms with Gasteiger partial charge in [0.2, 0.25) is 17.7 Å². The lowest BCUT2D eigenvalue weighted by molar-refractivity contribution is -0.165. The summed E-state index contributed by atoms with van der Waals surface area (Å²) >= 11 is 0. The summed E-state index contributed by atoms with van der Waals surface area (Å²) in [7, 11) is 0. The van der Waals surface area contributed by atoms with E-state index >= 15 is 0 Å². The molecule has 0 spiro atoms. The van der Waals surface area contributed by atoms with Crippen molar-refractivity contribution < 1.29 is 24.3 Å². The fraction of sp³-hybridized carbons (Fsp3) is 0.471. The van der Waals surface area contributed by atoms with Crippen LogP contribution in [0.1, 0.15) is 78.0 Å². The summed E-state index contributed by atoms with van der Waals surface area (Å²) in [6.07, 6.45) is 2.47. The van der Waals surface area contributed by atoms with Crippen LogP contribution in [-0.4, -0.2) is 40.9 Å². The van der Waals surface area contributed by atoms with E-state index < -0.39 is 52.9 Å². The second kappa shape index (κ2) is 15.9. The van der Waals surface area contributed by atoms with Gasteiger partial charge in [0.05, 0.1) is 17.9 Å². The highest BCUT2D eigenvalue weighted by molar-refractivity contribution is 6.10. The molecular formula is C34H47N3O5. The minimum Gasteiger partial charge on any atom is -0.481 e. The molecule has 4 atom stereocenters. The maximum atomic E-state index is 14.6. The molecule has 0 saturated heterocycles. The second-order valence-electron chi connectivity index (χ2n) is 11.3. The van der Waals surface area contributed by atoms with Gasteiger partial charge in [-0.2, -0.15) is 0 Å². The van der Waals surface area contributed by atoms with Crippen LogP contribution in [0.4, 0.5) is 0 Å². The number of nitrogens with one attached hydrogen (secondary N) is 3. The first-order valence-corrected chi connectivity index (χ1v) is 14.8. The molecule has 228 valence electrons. The molecule has 2 rings (SSSR count). The maximum Gasteiger partial charge on any atom is 0.307 e.